The van der Waals surface area contributed by atoms with Crippen LogP contribution >= 0.6 is 0 Å². The summed E-state index contributed by atoms with van der Waals surface area (Å²) in [6.45, 7) is 10.9. The van der Waals surface area contributed by atoms with Gasteiger partial charge in [0.1, 0.15) is 11.8 Å². The molecule has 0 aliphatic heterocycles. The van der Waals surface area contributed by atoms with Crippen molar-refractivity contribution in [2.24, 2.45) is 18.4 Å². The van der Waals surface area contributed by atoms with Gasteiger partial charge in [0.2, 0.25) is 0 Å². The van der Waals surface area contributed by atoms with Crippen LogP contribution in [0.25, 0.3) is 0 Å². The number of nitrogens with zero attached hydrogens (tertiary/aromatic N) is 2. The minimum absolute atomic E-state index is 0.298. The smallest absolute Gasteiger partial charge is 0.120 e. The maximum Gasteiger partial charge on any atom is 0.120 e. The summed E-state index contributed by atoms with van der Waals surface area (Å²) >= 11 is 0. The van der Waals surface area contributed by atoms with Gasteiger partial charge in [-0.25, -0.2) is 0 Å². The molecule has 0 radical (unpaired) electrons. The summed E-state index contributed by atoms with van der Waals surface area (Å²) in [5.74, 6) is 0.653. The SMILES string of the molecule is CC(C)C(C)(C)CNCc1cc(C#N)n(C)c1. The first-order valence-electron chi connectivity index (χ1n) is 6.13. The van der Waals surface area contributed by atoms with Crippen molar-refractivity contribution in [3.05, 3.63) is 23.5 Å². The lowest BCUT2D eigenvalue weighted by molar-refractivity contribution is 0.238. The molecule has 3 heteroatoms. The van der Waals surface area contributed by atoms with Gasteiger partial charge in [0, 0.05) is 26.3 Å². The van der Waals surface area contributed by atoms with Gasteiger partial charge in [-0.15, -0.1) is 0 Å². The summed E-state index contributed by atoms with van der Waals surface area (Å²) in [5.41, 5.74) is 2.18. The van der Waals surface area contributed by atoms with E-state index in [9.17, 15) is 0 Å². The largest absolute Gasteiger partial charge is 0.342 e. The van der Waals surface area contributed by atoms with E-state index in [0.29, 0.717) is 17.0 Å². The molecule has 0 saturated heterocycles. The van der Waals surface area contributed by atoms with E-state index >= 15 is 0 Å². The monoisotopic (exact) mass is 233 g/mol. The second-order valence-electron chi connectivity index (χ2n) is 5.70. The number of nitriles is 1. The highest BCUT2D eigenvalue weighted by molar-refractivity contribution is 5.28. The van der Waals surface area contributed by atoms with Gasteiger partial charge >= 0.3 is 0 Å². The standard InChI is InChI=1S/C14H23N3/c1-11(2)14(3,4)10-16-8-12-6-13(7-15)17(5)9-12/h6,9,11,16H,8,10H2,1-5H3. The van der Waals surface area contributed by atoms with Crippen LogP contribution in [0.5, 0.6) is 0 Å². The summed E-state index contributed by atoms with van der Waals surface area (Å²) in [6, 6.07) is 4.12. The van der Waals surface area contributed by atoms with Crippen LogP contribution in [-0.4, -0.2) is 11.1 Å². The van der Waals surface area contributed by atoms with E-state index in [-0.39, 0.29) is 0 Å². The summed E-state index contributed by atoms with van der Waals surface area (Å²) in [5, 5.41) is 12.3. The van der Waals surface area contributed by atoms with Crippen LogP contribution < -0.4 is 5.32 Å². The highest BCUT2D eigenvalue weighted by Gasteiger charge is 2.21. The first-order valence-corrected chi connectivity index (χ1v) is 6.13. The molecule has 1 N–H and O–H groups in total. The molecule has 0 amide bonds. The maximum atomic E-state index is 8.87. The number of hydrogen-bond acceptors (Lipinski definition) is 2. The average molecular weight is 233 g/mol. The van der Waals surface area contributed by atoms with E-state index in [0.717, 1.165) is 13.1 Å². The predicted molar refractivity (Wildman–Crippen MR) is 70.5 cm³/mol. The third kappa shape index (κ3) is 3.61. The Labute approximate surface area is 104 Å². The van der Waals surface area contributed by atoms with Gasteiger partial charge in [-0.05, 0) is 23.0 Å². The molecular weight excluding hydrogens is 210 g/mol. The van der Waals surface area contributed by atoms with Crippen LogP contribution in [-0.2, 0) is 13.6 Å². The Bertz CT molecular complexity index is 408. The van der Waals surface area contributed by atoms with Crippen molar-refractivity contribution in [2.75, 3.05) is 6.54 Å². The Morgan fingerprint density at radius 3 is 2.59 bits per heavy atom. The van der Waals surface area contributed by atoms with Crippen molar-refractivity contribution in [1.29, 1.82) is 5.26 Å². The summed E-state index contributed by atoms with van der Waals surface area (Å²) < 4.78 is 1.87. The van der Waals surface area contributed by atoms with Crippen molar-refractivity contribution < 1.29 is 0 Å². The van der Waals surface area contributed by atoms with Crippen LogP contribution in [0.4, 0.5) is 0 Å². The molecule has 0 aliphatic rings. The van der Waals surface area contributed by atoms with Crippen molar-refractivity contribution in [2.45, 2.75) is 34.2 Å². The Morgan fingerprint density at radius 1 is 1.47 bits per heavy atom. The third-order valence-electron chi connectivity index (χ3n) is 3.65. The zero-order valence-electron chi connectivity index (χ0n) is 11.5. The van der Waals surface area contributed by atoms with Gasteiger partial charge in [0.25, 0.3) is 0 Å². The molecule has 1 rings (SSSR count). The van der Waals surface area contributed by atoms with Crippen LogP contribution in [0.2, 0.25) is 0 Å². The van der Waals surface area contributed by atoms with E-state index < -0.39 is 0 Å². The molecule has 0 fully saturated rings. The summed E-state index contributed by atoms with van der Waals surface area (Å²) in [4.78, 5) is 0. The molecule has 3 nitrogen and oxygen atoms in total. The van der Waals surface area contributed by atoms with Gasteiger partial charge in [-0.2, -0.15) is 5.26 Å². The first kappa shape index (κ1) is 13.8. The Kier molecular flexibility index (Phi) is 4.36. The van der Waals surface area contributed by atoms with E-state index in [1.165, 1.54) is 5.56 Å². The fraction of sp³-hybridized carbons (Fsp3) is 0.643. The fourth-order valence-corrected chi connectivity index (χ4v) is 1.57. The topological polar surface area (TPSA) is 40.8 Å². The fourth-order valence-electron chi connectivity index (χ4n) is 1.57. The van der Waals surface area contributed by atoms with Crippen molar-refractivity contribution in [3.8, 4) is 6.07 Å². The minimum atomic E-state index is 0.298. The normalized spacial score (nSPS) is 11.8. The van der Waals surface area contributed by atoms with Crippen LogP contribution in [0.1, 0.15) is 39.0 Å². The van der Waals surface area contributed by atoms with Crippen molar-refractivity contribution >= 4 is 0 Å². The molecule has 0 aliphatic carbocycles. The number of aromatic nitrogens is 1. The highest BCUT2D eigenvalue weighted by Crippen LogP contribution is 2.24. The molecule has 1 aromatic heterocycles. The average Bonchev–Trinajstić information content (AvgIpc) is 2.58. The summed E-state index contributed by atoms with van der Waals surface area (Å²) in [6.07, 6.45) is 2.01. The van der Waals surface area contributed by atoms with Crippen LogP contribution in [0.15, 0.2) is 12.3 Å². The van der Waals surface area contributed by atoms with E-state index in [2.05, 4.69) is 39.1 Å². The lowest BCUT2D eigenvalue weighted by Gasteiger charge is -2.29. The number of rotatable bonds is 5. The number of nitrogens with one attached hydrogen (secondary N) is 1. The Morgan fingerprint density at radius 2 is 2.12 bits per heavy atom. The van der Waals surface area contributed by atoms with Crippen molar-refractivity contribution in [3.63, 3.8) is 0 Å². The Hall–Kier alpha value is -1.27. The first-order chi connectivity index (χ1) is 7.86. The zero-order chi connectivity index (χ0) is 13.1. The van der Waals surface area contributed by atoms with Crippen LogP contribution in [0.3, 0.4) is 0 Å². The molecule has 0 saturated carbocycles. The molecule has 0 unspecified atom stereocenters. The third-order valence-corrected chi connectivity index (χ3v) is 3.65. The van der Waals surface area contributed by atoms with Gasteiger partial charge in [-0.3, -0.25) is 0 Å². The number of hydrogen-bond donors (Lipinski definition) is 1. The zero-order valence-corrected chi connectivity index (χ0v) is 11.5. The Balaban J connectivity index is 2.49. The molecule has 17 heavy (non-hydrogen) atoms. The predicted octanol–water partition coefficient (Wildman–Crippen LogP) is 2.67. The van der Waals surface area contributed by atoms with Crippen LogP contribution in [0, 0.1) is 22.7 Å². The van der Waals surface area contributed by atoms with Gasteiger partial charge < -0.3 is 9.88 Å². The van der Waals surface area contributed by atoms with E-state index in [4.69, 9.17) is 5.26 Å². The molecule has 1 heterocycles. The highest BCUT2D eigenvalue weighted by atomic mass is 14.9. The second kappa shape index (κ2) is 5.37. The quantitative estimate of drug-likeness (QED) is 0.849. The van der Waals surface area contributed by atoms with E-state index in [1.54, 1.807) is 0 Å². The molecule has 0 aromatic carbocycles. The molecule has 0 spiro atoms. The molecule has 0 atom stereocenters. The molecule has 0 bridgehead atoms. The minimum Gasteiger partial charge on any atom is -0.342 e. The molecular formula is C14H23N3. The lowest BCUT2D eigenvalue weighted by atomic mass is 9.81. The van der Waals surface area contributed by atoms with Crippen molar-refractivity contribution in [1.82, 2.24) is 9.88 Å². The van der Waals surface area contributed by atoms with Gasteiger partial charge in [0.05, 0.1) is 0 Å². The van der Waals surface area contributed by atoms with E-state index in [1.807, 2.05) is 23.9 Å². The van der Waals surface area contributed by atoms with Gasteiger partial charge in [-0.1, -0.05) is 27.7 Å². The maximum absolute atomic E-state index is 8.87. The lowest BCUT2D eigenvalue weighted by Crippen LogP contribution is -2.33. The number of aryl methyl sites for hydroxylation is 1. The summed E-state index contributed by atoms with van der Waals surface area (Å²) in [7, 11) is 1.90. The molecule has 1 aromatic rings. The second-order valence-corrected chi connectivity index (χ2v) is 5.70. The van der Waals surface area contributed by atoms with Gasteiger partial charge in [0.15, 0.2) is 0 Å². The molecule has 94 valence electrons.